The number of anilines is 1. The number of alkyl halides is 3. The lowest BCUT2D eigenvalue weighted by atomic mass is 10.3. The molecule has 0 spiro atoms. The first-order valence-electron chi connectivity index (χ1n) is 6.29. The summed E-state index contributed by atoms with van der Waals surface area (Å²) in [5, 5.41) is 0. The Morgan fingerprint density at radius 1 is 1.17 bits per heavy atom. The quantitative estimate of drug-likeness (QED) is 0.868. The number of hydrogen-bond donors (Lipinski definition) is 1. The molecule has 0 aliphatic heterocycles. The standard InChI is InChI=1S/C13H12F3N3O3S/c14-13(15,16)9-23(20,21)19-12-11(4-2-6-18-12)22-8-10-3-1-5-17-7-10/h1-7H,8-9H2,(H,18,19). The van der Waals surface area contributed by atoms with E-state index in [2.05, 4.69) is 9.97 Å². The van der Waals surface area contributed by atoms with Gasteiger partial charge in [0.05, 0.1) is 0 Å². The molecule has 23 heavy (non-hydrogen) atoms. The molecule has 2 aromatic heterocycles. The van der Waals surface area contributed by atoms with Gasteiger partial charge in [0.1, 0.15) is 6.61 Å². The summed E-state index contributed by atoms with van der Waals surface area (Å²) in [6.07, 6.45) is -0.492. The van der Waals surface area contributed by atoms with Crippen LogP contribution in [0.25, 0.3) is 0 Å². The van der Waals surface area contributed by atoms with Crippen molar-refractivity contribution < 1.29 is 26.3 Å². The normalized spacial score (nSPS) is 12.0. The molecular formula is C13H12F3N3O3S. The van der Waals surface area contributed by atoms with E-state index in [4.69, 9.17) is 4.74 Å². The fourth-order valence-electron chi connectivity index (χ4n) is 1.63. The molecule has 2 heterocycles. The zero-order valence-electron chi connectivity index (χ0n) is 11.6. The summed E-state index contributed by atoms with van der Waals surface area (Å²) in [5.41, 5.74) is 0.709. The van der Waals surface area contributed by atoms with Crippen molar-refractivity contribution in [3.8, 4) is 5.75 Å². The number of halogens is 3. The molecule has 0 aromatic carbocycles. The second-order valence-electron chi connectivity index (χ2n) is 4.48. The number of aromatic nitrogens is 2. The van der Waals surface area contributed by atoms with E-state index < -0.39 is 22.0 Å². The Morgan fingerprint density at radius 2 is 1.91 bits per heavy atom. The Bertz CT molecular complexity index is 752. The van der Waals surface area contributed by atoms with Crippen LogP contribution in [0.4, 0.5) is 19.0 Å². The smallest absolute Gasteiger partial charge is 0.404 e. The molecule has 10 heteroatoms. The van der Waals surface area contributed by atoms with Gasteiger partial charge in [-0.05, 0) is 18.2 Å². The summed E-state index contributed by atoms with van der Waals surface area (Å²) in [6.45, 7) is 0.0630. The maximum atomic E-state index is 12.2. The number of ether oxygens (including phenoxy) is 1. The molecule has 2 rings (SSSR count). The molecule has 0 saturated carbocycles. The Kier molecular flexibility index (Phi) is 5.04. The lowest BCUT2D eigenvalue weighted by Gasteiger charge is -2.13. The molecule has 0 atom stereocenters. The van der Waals surface area contributed by atoms with E-state index >= 15 is 0 Å². The minimum Gasteiger partial charge on any atom is -0.485 e. The maximum Gasteiger partial charge on any atom is 0.404 e. The summed E-state index contributed by atoms with van der Waals surface area (Å²) in [5.74, 6) is -2.29. The highest BCUT2D eigenvalue weighted by molar-refractivity contribution is 7.92. The summed E-state index contributed by atoms with van der Waals surface area (Å²) >= 11 is 0. The highest BCUT2D eigenvalue weighted by Gasteiger charge is 2.35. The zero-order valence-corrected chi connectivity index (χ0v) is 12.4. The van der Waals surface area contributed by atoms with E-state index in [1.807, 2.05) is 0 Å². The van der Waals surface area contributed by atoms with E-state index in [1.165, 1.54) is 18.3 Å². The maximum absolute atomic E-state index is 12.2. The van der Waals surface area contributed by atoms with Gasteiger partial charge in [-0.1, -0.05) is 6.07 Å². The highest BCUT2D eigenvalue weighted by atomic mass is 32.2. The van der Waals surface area contributed by atoms with Gasteiger partial charge in [0.25, 0.3) is 0 Å². The average molecular weight is 347 g/mol. The van der Waals surface area contributed by atoms with E-state index in [0.29, 0.717) is 5.56 Å². The molecular weight excluding hydrogens is 335 g/mol. The van der Waals surface area contributed by atoms with Gasteiger partial charge in [-0.25, -0.2) is 13.4 Å². The van der Waals surface area contributed by atoms with Gasteiger partial charge in [0, 0.05) is 24.2 Å². The number of rotatable bonds is 6. The van der Waals surface area contributed by atoms with Crippen molar-refractivity contribution in [2.24, 2.45) is 0 Å². The molecule has 0 unspecified atom stereocenters. The number of hydrogen-bond acceptors (Lipinski definition) is 5. The molecule has 0 saturated heterocycles. The van der Waals surface area contributed by atoms with Crippen molar-refractivity contribution in [2.75, 3.05) is 10.5 Å². The predicted octanol–water partition coefficient (Wildman–Crippen LogP) is 2.36. The van der Waals surface area contributed by atoms with Gasteiger partial charge in [-0.15, -0.1) is 0 Å². The third kappa shape index (κ3) is 5.74. The van der Waals surface area contributed by atoms with Crippen molar-refractivity contribution in [1.29, 1.82) is 0 Å². The van der Waals surface area contributed by atoms with Gasteiger partial charge in [0.2, 0.25) is 10.0 Å². The van der Waals surface area contributed by atoms with Crippen LogP contribution in [-0.2, 0) is 16.6 Å². The van der Waals surface area contributed by atoms with Crippen molar-refractivity contribution in [3.63, 3.8) is 0 Å². The lowest BCUT2D eigenvalue weighted by molar-refractivity contribution is -0.106. The van der Waals surface area contributed by atoms with Crippen LogP contribution < -0.4 is 9.46 Å². The Hall–Kier alpha value is -2.36. The highest BCUT2D eigenvalue weighted by Crippen LogP contribution is 2.25. The summed E-state index contributed by atoms with van der Waals surface area (Å²) < 4.78 is 66.9. The molecule has 1 N–H and O–H groups in total. The van der Waals surface area contributed by atoms with Gasteiger partial charge in [-0.2, -0.15) is 13.2 Å². The van der Waals surface area contributed by atoms with Crippen LogP contribution in [0.1, 0.15) is 5.56 Å². The van der Waals surface area contributed by atoms with Crippen LogP contribution in [0.15, 0.2) is 42.9 Å². The van der Waals surface area contributed by atoms with Crippen LogP contribution in [0, 0.1) is 0 Å². The summed E-state index contributed by atoms with van der Waals surface area (Å²) in [4.78, 5) is 7.59. The van der Waals surface area contributed by atoms with Crippen molar-refractivity contribution >= 4 is 15.8 Å². The van der Waals surface area contributed by atoms with E-state index in [1.54, 1.807) is 29.2 Å². The van der Waals surface area contributed by atoms with E-state index in [0.717, 1.165) is 0 Å². The van der Waals surface area contributed by atoms with E-state index in [-0.39, 0.29) is 18.2 Å². The predicted molar refractivity (Wildman–Crippen MR) is 76.3 cm³/mol. The fourth-order valence-corrected chi connectivity index (χ4v) is 2.58. The van der Waals surface area contributed by atoms with Crippen LogP contribution in [-0.4, -0.2) is 30.3 Å². The first-order valence-corrected chi connectivity index (χ1v) is 7.94. The first kappa shape index (κ1) is 17.0. The van der Waals surface area contributed by atoms with Crippen LogP contribution in [0.5, 0.6) is 5.75 Å². The van der Waals surface area contributed by atoms with Crippen LogP contribution in [0.2, 0.25) is 0 Å². The third-order valence-corrected chi connectivity index (χ3v) is 3.71. The Balaban J connectivity index is 2.11. The fraction of sp³-hybridized carbons (Fsp3) is 0.231. The van der Waals surface area contributed by atoms with Crippen LogP contribution >= 0.6 is 0 Å². The molecule has 0 aliphatic carbocycles. The molecule has 0 aliphatic rings. The number of nitrogens with one attached hydrogen (secondary N) is 1. The SMILES string of the molecule is O=S(=O)(CC(F)(F)F)Nc1ncccc1OCc1cccnc1. The number of nitrogens with zero attached hydrogens (tertiary/aromatic N) is 2. The second kappa shape index (κ2) is 6.82. The molecule has 0 bridgehead atoms. The van der Waals surface area contributed by atoms with E-state index in [9.17, 15) is 21.6 Å². The van der Waals surface area contributed by atoms with Gasteiger partial charge in [-0.3, -0.25) is 9.71 Å². The average Bonchev–Trinajstić information content (AvgIpc) is 2.44. The van der Waals surface area contributed by atoms with Crippen molar-refractivity contribution in [1.82, 2.24) is 9.97 Å². The largest absolute Gasteiger partial charge is 0.485 e. The van der Waals surface area contributed by atoms with Gasteiger partial charge < -0.3 is 4.74 Å². The first-order chi connectivity index (χ1) is 10.8. The number of pyridine rings is 2. The summed E-state index contributed by atoms with van der Waals surface area (Å²) in [7, 11) is -4.63. The van der Waals surface area contributed by atoms with Crippen molar-refractivity contribution in [2.45, 2.75) is 12.8 Å². The van der Waals surface area contributed by atoms with Gasteiger partial charge >= 0.3 is 6.18 Å². The van der Waals surface area contributed by atoms with Crippen molar-refractivity contribution in [3.05, 3.63) is 48.4 Å². The minimum absolute atomic E-state index is 0.0158. The molecule has 0 fully saturated rings. The third-order valence-electron chi connectivity index (χ3n) is 2.49. The second-order valence-corrected chi connectivity index (χ2v) is 6.20. The molecule has 0 radical (unpaired) electrons. The molecule has 0 amide bonds. The Labute approximate surface area is 130 Å². The monoisotopic (exact) mass is 347 g/mol. The Morgan fingerprint density at radius 3 is 2.57 bits per heavy atom. The lowest BCUT2D eigenvalue weighted by Crippen LogP contribution is -2.28. The topological polar surface area (TPSA) is 81.2 Å². The summed E-state index contributed by atoms with van der Waals surface area (Å²) in [6, 6.07) is 6.29. The van der Waals surface area contributed by atoms with Gasteiger partial charge in [0.15, 0.2) is 17.3 Å². The number of sulfonamides is 1. The molecule has 2 aromatic rings. The molecule has 6 nitrogen and oxygen atoms in total. The minimum atomic E-state index is -4.85. The zero-order chi connectivity index (χ0) is 16.9. The van der Waals surface area contributed by atoms with Crippen LogP contribution in [0.3, 0.4) is 0 Å². The molecule has 124 valence electrons.